The van der Waals surface area contributed by atoms with Crippen LogP contribution in [-0.2, 0) is 10.0 Å². The lowest BCUT2D eigenvalue weighted by Gasteiger charge is -2.13. The minimum absolute atomic E-state index is 0.0106. The molecule has 0 heterocycles. The number of para-hydroxylation sites is 2. The van der Waals surface area contributed by atoms with Gasteiger partial charge in [-0.15, -0.1) is 0 Å². The second-order valence-electron chi connectivity index (χ2n) is 3.41. The Kier molecular flexibility index (Phi) is 4.44. The van der Waals surface area contributed by atoms with E-state index in [1.807, 2.05) is 0 Å². The average molecular weight is 283 g/mol. The Labute approximate surface area is 103 Å². The van der Waals surface area contributed by atoms with Crippen molar-refractivity contribution in [1.82, 2.24) is 0 Å². The van der Waals surface area contributed by atoms with Gasteiger partial charge in [0.05, 0.1) is 11.4 Å². The summed E-state index contributed by atoms with van der Waals surface area (Å²) in [5.74, 6) is -0.340. The van der Waals surface area contributed by atoms with Crippen molar-refractivity contribution < 1.29 is 26.3 Å². The first kappa shape index (κ1) is 14.6. The van der Waals surface area contributed by atoms with Crippen LogP contribution in [0.2, 0.25) is 0 Å². The fourth-order valence-electron chi connectivity index (χ4n) is 1.08. The molecule has 0 spiro atoms. The van der Waals surface area contributed by atoms with E-state index < -0.39 is 22.8 Å². The van der Waals surface area contributed by atoms with Crippen LogP contribution in [0.15, 0.2) is 24.3 Å². The molecule has 0 saturated heterocycles. The number of halogens is 3. The second-order valence-corrected chi connectivity index (χ2v) is 5.42. The van der Waals surface area contributed by atoms with E-state index in [1.54, 1.807) is 0 Å². The fourth-order valence-corrected chi connectivity index (χ4v) is 1.72. The predicted octanol–water partition coefficient (Wildman–Crippen LogP) is 2.39. The molecule has 0 aliphatic rings. The Morgan fingerprint density at radius 1 is 1.28 bits per heavy atom. The zero-order valence-corrected chi connectivity index (χ0v) is 10.3. The highest BCUT2D eigenvalue weighted by molar-refractivity contribution is 7.92. The molecule has 0 radical (unpaired) electrons. The Balaban J connectivity index is 2.87. The van der Waals surface area contributed by atoms with E-state index >= 15 is 0 Å². The van der Waals surface area contributed by atoms with Crippen LogP contribution < -0.4 is 9.46 Å². The summed E-state index contributed by atoms with van der Waals surface area (Å²) >= 11 is 0. The monoisotopic (exact) mass is 283 g/mol. The number of benzene rings is 1. The third-order valence-corrected chi connectivity index (χ3v) is 3.21. The summed E-state index contributed by atoms with van der Waals surface area (Å²) in [7, 11) is -3.56. The summed E-state index contributed by atoms with van der Waals surface area (Å²) in [6.07, 6.45) is -4.48. The normalized spacial score (nSPS) is 12.2. The molecule has 1 aromatic rings. The summed E-state index contributed by atoms with van der Waals surface area (Å²) in [5, 5.41) is 0. The van der Waals surface area contributed by atoms with Crippen LogP contribution in [0.3, 0.4) is 0 Å². The first-order chi connectivity index (χ1) is 8.23. The minimum atomic E-state index is -4.48. The van der Waals surface area contributed by atoms with Crippen LogP contribution in [0, 0.1) is 0 Å². The van der Waals surface area contributed by atoms with Crippen LogP contribution >= 0.6 is 0 Å². The van der Waals surface area contributed by atoms with Gasteiger partial charge in [0.1, 0.15) is 5.75 Å². The number of alkyl halides is 3. The lowest BCUT2D eigenvalue weighted by molar-refractivity contribution is -0.153. The molecule has 0 bridgehead atoms. The Morgan fingerprint density at radius 3 is 2.44 bits per heavy atom. The van der Waals surface area contributed by atoms with Crippen LogP contribution in [0.1, 0.15) is 6.92 Å². The van der Waals surface area contributed by atoms with E-state index in [2.05, 4.69) is 9.46 Å². The zero-order valence-electron chi connectivity index (χ0n) is 9.49. The van der Waals surface area contributed by atoms with Crippen molar-refractivity contribution in [3.05, 3.63) is 24.3 Å². The largest absolute Gasteiger partial charge is 0.482 e. The van der Waals surface area contributed by atoms with E-state index in [4.69, 9.17) is 0 Å². The molecule has 102 valence electrons. The predicted molar refractivity (Wildman–Crippen MR) is 61.1 cm³/mol. The highest BCUT2D eigenvalue weighted by atomic mass is 32.2. The maximum atomic E-state index is 12.0. The van der Waals surface area contributed by atoms with E-state index in [9.17, 15) is 21.6 Å². The summed E-state index contributed by atoms with van der Waals surface area (Å²) in [6, 6.07) is 5.54. The molecule has 18 heavy (non-hydrogen) atoms. The molecule has 0 aromatic heterocycles. The van der Waals surface area contributed by atoms with Gasteiger partial charge in [0.25, 0.3) is 0 Å². The van der Waals surface area contributed by atoms with Crippen LogP contribution in [0.25, 0.3) is 0 Å². The molecule has 1 N–H and O–H groups in total. The fraction of sp³-hybridized carbons (Fsp3) is 0.400. The van der Waals surface area contributed by atoms with Gasteiger partial charge in [-0.3, -0.25) is 4.72 Å². The van der Waals surface area contributed by atoms with Gasteiger partial charge in [0.2, 0.25) is 10.0 Å². The first-order valence-electron chi connectivity index (χ1n) is 5.02. The molecule has 0 unspecified atom stereocenters. The van der Waals surface area contributed by atoms with Crippen LogP contribution in [0.4, 0.5) is 18.9 Å². The van der Waals surface area contributed by atoms with Crippen molar-refractivity contribution in [2.24, 2.45) is 0 Å². The van der Waals surface area contributed by atoms with E-state index in [0.717, 1.165) is 0 Å². The zero-order chi connectivity index (χ0) is 13.8. The topological polar surface area (TPSA) is 55.4 Å². The van der Waals surface area contributed by atoms with Gasteiger partial charge in [0.15, 0.2) is 6.61 Å². The Hall–Kier alpha value is -1.44. The maximum absolute atomic E-state index is 12.0. The Bertz CT molecular complexity index is 499. The second kappa shape index (κ2) is 5.47. The molecule has 0 atom stereocenters. The van der Waals surface area contributed by atoms with Crippen molar-refractivity contribution in [3.8, 4) is 5.75 Å². The van der Waals surface area contributed by atoms with E-state index in [-0.39, 0.29) is 17.2 Å². The van der Waals surface area contributed by atoms with Crippen LogP contribution in [-0.4, -0.2) is 27.0 Å². The molecular formula is C10H12F3NO3S. The molecule has 1 aromatic carbocycles. The number of ether oxygens (including phenoxy) is 1. The molecule has 0 saturated carbocycles. The average Bonchev–Trinajstić information content (AvgIpc) is 2.26. The molecular weight excluding hydrogens is 271 g/mol. The number of hydrogen-bond donors (Lipinski definition) is 1. The van der Waals surface area contributed by atoms with Gasteiger partial charge in [0, 0.05) is 0 Å². The maximum Gasteiger partial charge on any atom is 0.422 e. The third kappa shape index (κ3) is 4.82. The van der Waals surface area contributed by atoms with Gasteiger partial charge in [-0.05, 0) is 19.1 Å². The summed E-state index contributed by atoms with van der Waals surface area (Å²) in [6.45, 7) is -0.0562. The summed E-state index contributed by atoms with van der Waals surface area (Å²) in [4.78, 5) is 0. The number of rotatable bonds is 5. The standard InChI is InChI=1S/C10H12F3NO3S/c1-2-18(15,16)14-8-5-3-4-6-9(8)17-7-10(11,12)13/h3-6,14H,2,7H2,1H3. The van der Waals surface area contributed by atoms with Crippen molar-refractivity contribution in [1.29, 1.82) is 0 Å². The van der Waals surface area contributed by atoms with E-state index in [1.165, 1.54) is 31.2 Å². The third-order valence-electron chi connectivity index (χ3n) is 1.92. The number of sulfonamides is 1. The van der Waals surface area contributed by atoms with Crippen molar-refractivity contribution >= 4 is 15.7 Å². The molecule has 1 rings (SSSR count). The molecule has 0 aliphatic carbocycles. The van der Waals surface area contributed by atoms with Gasteiger partial charge in [-0.1, -0.05) is 12.1 Å². The lowest BCUT2D eigenvalue weighted by Crippen LogP contribution is -2.20. The highest BCUT2D eigenvalue weighted by Crippen LogP contribution is 2.27. The molecule has 4 nitrogen and oxygen atoms in total. The number of anilines is 1. The molecule has 0 amide bonds. The van der Waals surface area contributed by atoms with E-state index in [0.29, 0.717) is 0 Å². The first-order valence-corrected chi connectivity index (χ1v) is 6.68. The summed E-state index contributed by atoms with van der Waals surface area (Å²) in [5.41, 5.74) is -0.0106. The highest BCUT2D eigenvalue weighted by Gasteiger charge is 2.29. The van der Waals surface area contributed by atoms with Gasteiger partial charge in [-0.25, -0.2) is 8.42 Å². The number of nitrogens with one attached hydrogen (secondary N) is 1. The molecule has 0 fully saturated rings. The minimum Gasteiger partial charge on any atom is -0.482 e. The number of hydrogen-bond acceptors (Lipinski definition) is 3. The smallest absolute Gasteiger partial charge is 0.422 e. The van der Waals surface area contributed by atoms with Gasteiger partial charge in [-0.2, -0.15) is 13.2 Å². The van der Waals surface area contributed by atoms with Crippen molar-refractivity contribution in [3.63, 3.8) is 0 Å². The van der Waals surface area contributed by atoms with Crippen molar-refractivity contribution in [2.75, 3.05) is 17.1 Å². The Morgan fingerprint density at radius 2 is 1.89 bits per heavy atom. The van der Waals surface area contributed by atoms with Gasteiger partial charge >= 0.3 is 6.18 Å². The lowest BCUT2D eigenvalue weighted by atomic mass is 10.3. The van der Waals surface area contributed by atoms with Crippen LogP contribution in [0.5, 0.6) is 5.75 Å². The summed E-state index contributed by atoms with van der Waals surface area (Å²) < 4.78 is 65.4. The van der Waals surface area contributed by atoms with Crippen molar-refractivity contribution in [2.45, 2.75) is 13.1 Å². The quantitative estimate of drug-likeness (QED) is 0.902. The molecule has 0 aliphatic heterocycles. The molecule has 8 heteroatoms. The van der Waals surface area contributed by atoms with Gasteiger partial charge < -0.3 is 4.74 Å². The SMILES string of the molecule is CCS(=O)(=O)Nc1ccccc1OCC(F)(F)F.